The van der Waals surface area contributed by atoms with Crippen LogP contribution in [0.5, 0.6) is 0 Å². The van der Waals surface area contributed by atoms with E-state index in [4.69, 9.17) is 25.3 Å². The van der Waals surface area contributed by atoms with E-state index in [-0.39, 0.29) is 16.8 Å². The van der Waals surface area contributed by atoms with Gasteiger partial charge in [0.2, 0.25) is 0 Å². The number of aliphatic hydroxyl groups excluding tert-OH is 1. The summed E-state index contributed by atoms with van der Waals surface area (Å²) in [5.41, 5.74) is 11.3. The van der Waals surface area contributed by atoms with Crippen molar-refractivity contribution >= 4 is 5.97 Å². The first-order chi connectivity index (χ1) is 33.3. The van der Waals surface area contributed by atoms with Crippen molar-refractivity contribution in [1.29, 1.82) is 0 Å². The summed E-state index contributed by atoms with van der Waals surface area (Å²) >= 11 is 0. The average Bonchev–Trinajstić information content (AvgIpc) is 3.40. The van der Waals surface area contributed by atoms with Gasteiger partial charge in [0.1, 0.15) is 0 Å². The molecule has 3 N–H and O–H groups in total. The Balaban J connectivity index is 0.000000217. The Morgan fingerprint density at radius 3 is 1.01 bits per heavy atom. The molecule has 11 heteroatoms. The van der Waals surface area contributed by atoms with Gasteiger partial charge in [-0.1, -0.05) is 150 Å². The number of aromatic nitrogens is 6. The molecule has 0 saturated heterocycles. The Bertz CT molecular complexity index is 2150. The summed E-state index contributed by atoms with van der Waals surface area (Å²) in [6.07, 6.45) is 18.3. The fourth-order valence-corrected chi connectivity index (χ4v) is 7.05. The summed E-state index contributed by atoms with van der Waals surface area (Å²) in [6.45, 7) is 4.32. The van der Waals surface area contributed by atoms with Crippen LogP contribution >= 0.6 is 0 Å². The molecule has 0 atom stereocenters. The van der Waals surface area contributed by atoms with E-state index in [0.717, 1.165) is 93.5 Å². The Hall–Kier alpha value is -6.76. The van der Waals surface area contributed by atoms with Crippen molar-refractivity contribution in [3.8, 4) is 67.8 Å². The van der Waals surface area contributed by atoms with Crippen molar-refractivity contribution in [2.75, 3.05) is 0 Å². The zero-order valence-electron chi connectivity index (χ0n) is 39.6. The molecule has 6 aromatic heterocycles. The maximum absolute atomic E-state index is 10.0. The maximum Gasteiger partial charge on any atom is 0.303 e. The molecule has 0 spiro atoms. The average molecular weight is 968 g/mol. The molecule has 0 saturated carbocycles. The van der Waals surface area contributed by atoms with E-state index in [1.165, 1.54) is 38.5 Å². The van der Waals surface area contributed by atoms with Gasteiger partial charge in [0.15, 0.2) is 6.29 Å². The number of aliphatic hydroxyl groups is 2. The zero-order chi connectivity index (χ0) is 48.0. The number of benzene rings is 2. The van der Waals surface area contributed by atoms with E-state index in [1.807, 2.05) is 109 Å². The number of unbranched alkanes of at least 4 members (excludes halogenated alkanes) is 8. The summed E-state index contributed by atoms with van der Waals surface area (Å²) in [7, 11) is 0. The minimum atomic E-state index is -1.10. The molecule has 8 rings (SSSR count). The molecule has 0 aliphatic rings. The summed E-state index contributed by atoms with van der Waals surface area (Å²) in [5.74, 6) is -0.670. The smallest absolute Gasteiger partial charge is 0.303 e. The van der Waals surface area contributed by atoms with Gasteiger partial charge in [-0.05, 0) is 114 Å². The summed E-state index contributed by atoms with van der Waals surface area (Å²) in [5, 5.41) is 25.2. The van der Waals surface area contributed by atoms with Crippen LogP contribution in [0.3, 0.4) is 0 Å². The van der Waals surface area contributed by atoms with Crippen molar-refractivity contribution in [3.63, 3.8) is 0 Å². The third kappa shape index (κ3) is 20.2. The van der Waals surface area contributed by atoms with Gasteiger partial charge >= 0.3 is 5.97 Å². The Kier molecular flexibility index (Phi) is 25.5. The van der Waals surface area contributed by atoms with E-state index in [9.17, 15) is 4.79 Å². The second-order valence-corrected chi connectivity index (χ2v) is 16.1. The van der Waals surface area contributed by atoms with Gasteiger partial charge in [-0.3, -0.25) is 24.7 Å². The molecule has 0 fully saturated rings. The van der Waals surface area contributed by atoms with E-state index >= 15 is 0 Å². The largest absolute Gasteiger partial charge is 0.481 e. The van der Waals surface area contributed by atoms with Gasteiger partial charge in [-0.2, -0.15) is 0 Å². The molecule has 0 amide bonds. The molecule has 359 valence electrons. The van der Waals surface area contributed by atoms with Crippen LogP contribution in [0.1, 0.15) is 90.9 Å². The monoisotopic (exact) mass is 967 g/mol. The van der Waals surface area contributed by atoms with Crippen LogP contribution in [0.25, 0.3) is 67.8 Å². The number of carboxylic acid groups (broad SMARTS) is 1. The van der Waals surface area contributed by atoms with Crippen LogP contribution in [0.2, 0.25) is 0 Å². The van der Waals surface area contributed by atoms with Gasteiger partial charge in [-0.15, -0.1) is 0 Å². The van der Waals surface area contributed by atoms with Crippen LogP contribution in [-0.4, -0.2) is 57.5 Å². The molecule has 0 unspecified atom stereocenters. The maximum atomic E-state index is 10.0. The fourth-order valence-electron chi connectivity index (χ4n) is 7.05. The van der Waals surface area contributed by atoms with Gasteiger partial charge < -0.3 is 15.3 Å². The normalized spacial score (nSPS) is 10.3. The molecular weight excluding hydrogens is 904 g/mol. The molecule has 8 aromatic rings. The number of aliphatic carboxylic acids is 1. The molecule has 10 nitrogen and oxygen atoms in total. The Morgan fingerprint density at radius 2 is 0.725 bits per heavy atom. The van der Waals surface area contributed by atoms with Crippen molar-refractivity contribution in [2.24, 2.45) is 0 Å². The van der Waals surface area contributed by atoms with E-state index in [0.29, 0.717) is 12.8 Å². The van der Waals surface area contributed by atoms with Crippen LogP contribution < -0.4 is 0 Å². The van der Waals surface area contributed by atoms with E-state index < -0.39 is 12.3 Å². The van der Waals surface area contributed by atoms with Gasteiger partial charge in [0, 0.05) is 48.0 Å². The fraction of sp³-hybridized carbons (Fsp3) is 0.259. The van der Waals surface area contributed by atoms with Crippen molar-refractivity contribution in [2.45, 2.75) is 97.2 Å². The van der Waals surface area contributed by atoms with Crippen LogP contribution in [0.4, 0.5) is 0 Å². The third-order valence-corrected chi connectivity index (χ3v) is 10.6. The molecule has 0 bridgehead atoms. The molecule has 69 heavy (non-hydrogen) atoms. The topological polar surface area (TPSA) is 155 Å². The van der Waals surface area contributed by atoms with Crippen LogP contribution in [0, 0.1) is 0 Å². The number of pyridine rings is 6. The van der Waals surface area contributed by atoms with E-state index in [2.05, 4.69) is 82.3 Å². The van der Waals surface area contributed by atoms with Crippen molar-refractivity contribution < 1.29 is 36.9 Å². The Labute approximate surface area is 418 Å². The van der Waals surface area contributed by atoms with E-state index in [1.54, 1.807) is 24.8 Å². The predicted molar refractivity (Wildman–Crippen MR) is 275 cm³/mol. The minimum Gasteiger partial charge on any atom is -0.481 e. The first-order valence-corrected chi connectivity index (χ1v) is 23.7. The standard InChI is InChI=1S/2C21H15N3.C8H18O2.C8H16O2.Co/c2*1-2-8-16(9-3-1)17-14-20(18-10-4-6-12-22-18)24-21(15-17)19-11-5-7-13-23-19;2*1-2-3-4-5-6-7-8(9)10;/h2*1-15H;8-10H,2-7H2,1H3;2-7H2,1H3,(H,9,10);. The molecule has 0 aliphatic carbocycles. The van der Waals surface area contributed by atoms with Gasteiger partial charge in [0.05, 0.1) is 45.6 Å². The van der Waals surface area contributed by atoms with Crippen molar-refractivity contribution in [3.05, 3.63) is 183 Å². The third-order valence-electron chi connectivity index (χ3n) is 10.6. The molecule has 2 aromatic carbocycles. The van der Waals surface area contributed by atoms with Crippen molar-refractivity contribution in [1.82, 2.24) is 29.9 Å². The number of rotatable bonds is 18. The number of carboxylic acids is 1. The number of nitrogens with zero attached hydrogens (tertiary/aromatic N) is 6. The Morgan fingerprint density at radius 1 is 0.406 bits per heavy atom. The summed E-state index contributed by atoms with van der Waals surface area (Å²) in [4.78, 5) is 37.3. The SMILES string of the molecule is CCCCCCCC(=O)O.CCCCCCCC(O)O.[Co].c1ccc(-c2cc(-c3ccccn3)nc(-c3ccccn3)c2)cc1.c1ccc(-c2cc(-c3ccccn3)nc(-c3ccccn3)c2)cc1. The molecular formula is C58H64CoN6O4. The summed E-state index contributed by atoms with van der Waals surface area (Å²) in [6, 6.07) is 52.3. The predicted octanol–water partition coefficient (Wildman–Crippen LogP) is 13.8. The number of carbonyl (C=O) groups is 1. The zero-order valence-corrected chi connectivity index (χ0v) is 40.7. The first kappa shape index (κ1) is 54.8. The number of hydrogen-bond donors (Lipinski definition) is 3. The molecule has 1 radical (unpaired) electrons. The van der Waals surface area contributed by atoms with Gasteiger partial charge in [-0.25, -0.2) is 9.97 Å². The second-order valence-electron chi connectivity index (χ2n) is 16.1. The molecule has 6 heterocycles. The quantitative estimate of drug-likeness (QED) is 0.0559. The first-order valence-electron chi connectivity index (χ1n) is 23.7. The van der Waals surface area contributed by atoms with Crippen LogP contribution in [0.15, 0.2) is 183 Å². The minimum absolute atomic E-state index is 0. The second kappa shape index (κ2) is 32.1. The van der Waals surface area contributed by atoms with Gasteiger partial charge in [0.25, 0.3) is 0 Å². The summed E-state index contributed by atoms with van der Waals surface area (Å²) < 4.78 is 0. The number of hydrogen-bond acceptors (Lipinski definition) is 9. The molecule has 0 aliphatic heterocycles. The van der Waals surface area contributed by atoms with Crippen LogP contribution in [-0.2, 0) is 21.6 Å².